The second-order valence-corrected chi connectivity index (χ2v) is 5.33. The molecule has 20 heavy (non-hydrogen) atoms. The number of nitrogens with zero attached hydrogens (tertiary/aromatic N) is 3. The molecule has 1 aliphatic heterocycles. The third-order valence-corrected chi connectivity index (χ3v) is 3.96. The Balaban J connectivity index is 1.84. The maximum Gasteiger partial charge on any atom is 0.244 e. The molecule has 1 unspecified atom stereocenters. The minimum atomic E-state index is -0.459. The third-order valence-electron chi connectivity index (χ3n) is 3.20. The molecule has 0 saturated carbocycles. The summed E-state index contributed by atoms with van der Waals surface area (Å²) in [6, 6.07) is 9.62. The van der Waals surface area contributed by atoms with Crippen LogP contribution in [0, 0.1) is 5.92 Å². The highest BCUT2D eigenvalue weighted by Crippen LogP contribution is 2.28. The fourth-order valence-electron chi connectivity index (χ4n) is 2.11. The molecular weight excluding hydrogens is 276 g/mol. The minimum Gasteiger partial charge on any atom is -0.369 e. The van der Waals surface area contributed by atoms with Gasteiger partial charge in [-0.15, -0.1) is 0 Å². The molecule has 3 rings (SSSR count). The van der Waals surface area contributed by atoms with Crippen LogP contribution in [-0.4, -0.2) is 27.7 Å². The van der Waals surface area contributed by atoms with Crippen LogP contribution in [0.3, 0.4) is 0 Å². The molecule has 2 aromatic rings. The van der Waals surface area contributed by atoms with E-state index in [-0.39, 0.29) is 18.9 Å². The van der Waals surface area contributed by atoms with Crippen molar-refractivity contribution in [3.8, 4) is 10.6 Å². The van der Waals surface area contributed by atoms with Gasteiger partial charge in [-0.25, -0.2) is 0 Å². The Hall–Kier alpha value is -2.28. The molecule has 1 saturated heterocycles. The maximum absolute atomic E-state index is 11.9. The Morgan fingerprint density at radius 1 is 1.35 bits per heavy atom. The Kier molecular flexibility index (Phi) is 3.19. The van der Waals surface area contributed by atoms with Crippen LogP contribution in [-0.2, 0) is 9.59 Å². The summed E-state index contributed by atoms with van der Waals surface area (Å²) in [7, 11) is 0. The average Bonchev–Trinajstić information content (AvgIpc) is 3.06. The summed E-state index contributed by atoms with van der Waals surface area (Å²) in [4.78, 5) is 28.8. The Morgan fingerprint density at radius 3 is 2.75 bits per heavy atom. The number of hydrogen-bond acceptors (Lipinski definition) is 5. The predicted octanol–water partition coefficient (Wildman–Crippen LogP) is 1.04. The first-order valence-electron chi connectivity index (χ1n) is 6.14. The molecule has 2 N–H and O–H groups in total. The smallest absolute Gasteiger partial charge is 0.244 e. The second kappa shape index (κ2) is 5.01. The molecule has 1 atom stereocenters. The summed E-state index contributed by atoms with van der Waals surface area (Å²) in [5.74, 6) is -0.723. The lowest BCUT2D eigenvalue weighted by molar-refractivity contribution is -0.123. The minimum absolute atomic E-state index is 0.134. The molecule has 0 bridgehead atoms. The van der Waals surface area contributed by atoms with Crippen molar-refractivity contribution in [2.24, 2.45) is 11.7 Å². The van der Waals surface area contributed by atoms with Gasteiger partial charge in [0.15, 0.2) is 0 Å². The Morgan fingerprint density at radius 2 is 2.10 bits per heavy atom. The van der Waals surface area contributed by atoms with Gasteiger partial charge in [-0.05, 0) is 11.5 Å². The number of rotatable bonds is 3. The third kappa shape index (κ3) is 2.27. The van der Waals surface area contributed by atoms with E-state index in [1.165, 1.54) is 16.4 Å². The van der Waals surface area contributed by atoms with Crippen LogP contribution in [0.1, 0.15) is 6.42 Å². The Labute approximate surface area is 119 Å². The zero-order valence-electron chi connectivity index (χ0n) is 10.5. The lowest BCUT2D eigenvalue weighted by Gasteiger charge is -2.10. The van der Waals surface area contributed by atoms with Gasteiger partial charge >= 0.3 is 0 Å². The van der Waals surface area contributed by atoms with Gasteiger partial charge in [-0.1, -0.05) is 30.3 Å². The number of aromatic nitrogens is 2. The standard InChI is InChI=1S/C13H12N4O2S/c14-11(19)9-6-10(18)17(7-9)13-15-12(20-16-13)8-4-2-1-3-5-8/h1-5,9H,6-7H2,(H2,14,19). The molecule has 1 aromatic heterocycles. The van der Waals surface area contributed by atoms with E-state index in [1.807, 2.05) is 30.3 Å². The number of amides is 2. The van der Waals surface area contributed by atoms with Crippen molar-refractivity contribution in [2.45, 2.75) is 6.42 Å². The quantitative estimate of drug-likeness (QED) is 0.914. The van der Waals surface area contributed by atoms with Gasteiger partial charge in [0.25, 0.3) is 0 Å². The van der Waals surface area contributed by atoms with Crippen LogP contribution in [0.5, 0.6) is 0 Å². The molecule has 7 heteroatoms. The second-order valence-electron chi connectivity index (χ2n) is 4.57. The van der Waals surface area contributed by atoms with Gasteiger partial charge in [0.1, 0.15) is 5.01 Å². The first-order valence-corrected chi connectivity index (χ1v) is 6.91. The molecule has 1 aliphatic rings. The number of primary amides is 1. The monoisotopic (exact) mass is 288 g/mol. The number of carbonyl (C=O) groups excluding carboxylic acids is 2. The van der Waals surface area contributed by atoms with Crippen molar-refractivity contribution < 1.29 is 9.59 Å². The molecular formula is C13H12N4O2S. The summed E-state index contributed by atoms with van der Waals surface area (Å²) in [5.41, 5.74) is 6.19. The number of hydrogen-bond donors (Lipinski definition) is 1. The van der Waals surface area contributed by atoms with Gasteiger partial charge in [-0.3, -0.25) is 14.5 Å². The van der Waals surface area contributed by atoms with E-state index in [0.29, 0.717) is 5.95 Å². The van der Waals surface area contributed by atoms with Crippen molar-refractivity contribution in [3.05, 3.63) is 30.3 Å². The molecule has 0 spiro atoms. The van der Waals surface area contributed by atoms with Crippen LogP contribution in [0.4, 0.5) is 5.95 Å². The van der Waals surface area contributed by atoms with E-state index in [0.717, 1.165) is 10.6 Å². The number of nitrogens with two attached hydrogens (primary N) is 1. The van der Waals surface area contributed by atoms with Crippen LogP contribution < -0.4 is 10.6 Å². The van der Waals surface area contributed by atoms with Crippen LogP contribution in [0.15, 0.2) is 30.3 Å². The zero-order valence-corrected chi connectivity index (χ0v) is 11.3. The topological polar surface area (TPSA) is 89.2 Å². The summed E-state index contributed by atoms with van der Waals surface area (Å²) in [6.07, 6.45) is 0.134. The highest BCUT2D eigenvalue weighted by atomic mass is 32.1. The molecule has 1 fully saturated rings. The lowest BCUT2D eigenvalue weighted by Crippen LogP contribution is -2.29. The van der Waals surface area contributed by atoms with Crippen LogP contribution in [0.2, 0.25) is 0 Å². The van der Waals surface area contributed by atoms with Crippen molar-refractivity contribution in [2.75, 3.05) is 11.4 Å². The van der Waals surface area contributed by atoms with Gasteiger partial charge in [0.05, 0.1) is 5.92 Å². The van der Waals surface area contributed by atoms with Crippen LogP contribution in [0.25, 0.3) is 10.6 Å². The fraction of sp³-hybridized carbons (Fsp3) is 0.231. The highest BCUT2D eigenvalue weighted by Gasteiger charge is 2.35. The fourth-order valence-corrected chi connectivity index (χ4v) is 2.79. The maximum atomic E-state index is 11.9. The van der Waals surface area contributed by atoms with Crippen molar-refractivity contribution in [1.82, 2.24) is 9.36 Å². The normalized spacial score (nSPS) is 18.5. The van der Waals surface area contributed by atoms with Crippen molar-refractivity contribution in [1.29, 1.82) is 0 Å². The van der Waals surface area contributed by atoms with E-state index in [9.17, 15) is 9.59 Å². The van der Waals surface area contributed by atoms with Gasteiger partial charge in [0.2, 0.25) is 17.8 Å². The zero-order chi connectivity index (χ0) is 14.1. The largest absolute Gasteiger partial charge is 0.369 e. The van der Waals surface area contributed by atoms with Crippen molar-refractivity contribution >= 4 is 29.3 Å². The Bertz CT molecular complexity index is 655. The van der Waals surface area contributed by atoms with Gasteiger partial charge in [-0.2, -0.15) is 9.36 Å². The SMILES string of the molecule is NC(=O)C1CC(=O)N(c2nsc(-c3ccccc3)n2)C1. The van der Waals surface area contributed by atoms with E-state index in [2.05, 4.69) is 9.36 Å². The first-order chi connectivity index (χ1) is 9.65. The molecule has 2 heterocycles. The summed E-state index contributed by atoms with van der Waals surface area (Å²) in [5, 5.41) is 0.746. The molecule has 0 aliphatic carbocycles. The van der Waals surface area contributed by atoms with E-state index in [1.54, 1.807) is 0 Å². The molecule has 102 valence electrons. The van der Waals surface area contributed by atoms with Gasteiger partial charge in [0, 0.05) is 18.5 Å². The summed E-state index contributed by atoms with van der Waals surface area (Å²) < 4.78 is 4.20. The molecule has 2 amide bonds. The van der Waals surface area contributed by atoms with Crippen molar-refractivity contribution in [3.63, 3.8) is 0 Å². The molecule has 0 radical (unpaired) electrons. The summed E-state index contributed by atoms with van der Waals surface area (Å²) >= 11 is 1.23. The van der Waals surface area contributed by atoms with E-state index >= 15 is 0 Å². The van der Waals surface area contributed by atoms with E-state index < -0.39 is 11.8 Å². The highest BCUT2D eigenvalue weighted by molar-refractivity contribution is 7.09. The average molecular weight is 288 g/mol. The number of carbonyl (C=O) groups is 2. The number of anilines is 1. The molecule has 6 nitrogen and oxygen atoms in total. The number of benzene rings is 1. The van der Waals surface area contributed by atoms with Crippen LogP contribution >= 0.6 is 11.5 Å². The predicted molar refractivity (Wildman–Crippen MR) is 75.0 cm³/mol. The van der Waals surface area contributed by atoms with Gasteiger partial charge < -0.3 is 5.73 Å². The molecule has 1 aromatic carbocycles. The summed E-state index contributed by atoms with van der Waals surface area (Å²) in [6.45, 7) is 0.263. The lowest BCUT2D eigenvalue weighted by atomic mass is 10.1. The van der Waals surface area contributed by atoms with E-state index in [4.69, 9.17) is 5.73 Å². The first kappa shape index (κ1) is 12.7.